The van der Waals surface area contributed by atoms with Crippen LogP contribution in [0.5, 0.6) is 0 Å². The Bertz CT molecular complexity index is 512. The van der Waals surface area contributed by atoms with Crippen LogP contribution in [0.3, 0.4) is 0 Å². The molecule has 0 aliphatic carbocycles. The number of nitrogen functional groups attached to an aromatic ring is 1. The van der Waals surface area contributed by atoms with E-state index in [1.165, 1.54) is 10.4 Å². The molecule has 2 N–H and O–H groups in total. The van der Waals surface area contributed by atoms with Gasteiger partial charge in [0.1, 0.15) is 0 Å². The standard InChI is InChI=1S/C13H16BrN3S/c1-2-17(9-11-7-16-13(15)18-11)8-10-5-3-4-6-12(10)14/h3-7H,2,8-9H2,1H3,(H2,15,16). The number of nitrogens with zero attached hydrogens (tertiary/aromatic N) is 2. The zero-order chi connectivity index (χ0) is 13.0. The first-order valence-electron chi connectivity index (χ1n) is 5.85. The number of halogens is 1. The SMILES string of the molecule is CCN(Cc1cnc(N)s1)Cc1ccccc1Br. The van der Waals surface area contributed by atoms with Gasteiger partial charge >= 0.3 is 0 Å². The minimum atomic E-state index is 0.641. The summed E-state index contributed by atoms with van der Waals surface area (Å²) >= 11 is 5.15. The van der Waals surface area contributed by atoms with E-state index in [0.29, 0.717) is 5.13 Å². The maximum absolute atomic E-state index is 5.65. The first-order chi connectivity index (χ1) is 8.69. The maximum Gasteiger partial charge on any atom is 0.180 e. The Hall–Kier alpha value is -0.910. The number of benzene rings is 1. The molecule has 0 spiro atoms. The second-order valence-electron chi connectivity index (χ2n) is 4.06. The van der Waals surface area contributed by atoms with E-state index in [2.05, 4.69) is 50.9 Å². The summed E-state index contributed by atoms with van der Waals surface area (Å²) in [5.74, 6) is 0. The Kier molecular flexibility index (Phi) is 4.74. The summed E-state index contributed by atoms with van der Waals surface area (Å²) in [4.78, 5) is 7.67. The van der Waals surface area contributed by atoms with Crippen LogP contribution in [0.15, 0.2) is 34.9 Å². The van der Waals surface area contributed by atoms with Crippen molar-refractivity contribution >= 4 is 32.4 Å². The van der Waals surface area contributed by atoms with Crippen LogP contribution in [0, 0.1) is 0 Å². The van der Waals surface area contributed by atoms with Gasteiger partial charge in [-0.25, -0.2) is 4.98 Å². The molecule has 96 valence electrons. The van der Waals surface area contributed by atoms with Crippen molar-refractivity contribution in [1.82, 2.24) is 9.88 Å². The first-order valence-corrected chi connectivity index (χ1v) is 7.46. The highest BCUT2D eigenvalue weighted by Gasteiger charge is 2.08. The molecule has 0 bridgehead atoms. The van der Waals surface area contributed by atoms with Crippen molar-refractivity contribution < 1.29 is 0 Å². The topological polar surface area (TPSA) is 42.2 Å². The Morgan fingerprint density at radius 1 is 1.33 bits per heavy atom. The average Bonchev–Trinajstić information content (AvgIpc) is 2.76. The third-order valence-corrected chi connectivity index (χ3v) is 4.33. The molecule has 5 heteroatoms. The molecule has 0 atom stereocenters. The molecule has 0 fully saturated rings. The van der Waals surface area contributed by atoms with Crippen molar-refractivity contribution in [3.63, 3.8) is 0 Å². The van der Waals surface area contributed by atoms with Gasteiger partial charge in [-0.3, -0.25) is 4.90 Å². The van der Waals surface area contributed by atoms with E-state index in [9.17, 15) is 0 Å². The van der Waals surface area contributed by atoms with Gasteiger partial charge in [0.2, 0.25) is 0 Å². The first kappa shape index (κ1) is 13.5. The molecule has 2 aromatic rings. The highest BCUT2D eigenvalue weighted by molar-refractivity contribution is 9.10. The molecule has 3 nitrogen and oxygen atoms in total. The van der Waals surface area contributed by atoms with Gasteiger partial charge in [-0.2, -0.15) is 0 Å². The zero-order valence-electron chi connectivity index (χ0n) is 10.3. The number of thiazole rings is 1. The highest BCUT2D eigenvalue weighted by atomic mass is 79.9. The summed E-state index contributed by atoms with van der Waals surface area (Å²) in [5.41, 5.74) is 6.96. The molecule has 0 saturated carbocycles. The van der Waals surface area contributed by atoms with E-state index >= 15 is 0 Å². The number of hydrogen-bond donors (Lipinski definition) is 1. The molecule has 1 aromatic carbocycles. The second kappa shape index (κ2) is 6.31. The van der Waals surface area contributed by atoms with Crippen LogP contribution >= 0.6 is 27.3 Å². The monoisotopic (exact) mass is 325 g/mol. The minimum Gasteiger partial charge on any atom is -0.375 e. The maximum atomic E-state index is 5.65. The Balaban J connectivity index is 2.04. The van der Waals surface area contributed by atoms with Gasteiger partial charge in [-0.05, 0) is 18.2 Å². The molecule has 1 heterocycles. The predicted octanol–water partition coefficient (Wildman–Crippen LogP) is 3.51. The van der Waals surface area contributed by atoms with E-state index in [0.717, 1.165) is 24.1 Å². The second-order valence-corrected chi connectivity index (χ2v) is 6.06. The van der Waals surface area contributed by atoms with Crippen LogP contribution in [0.4, 0.5) is 5.13 Å². The van der Waals surface area contributed by atoms with Crippen LogP contribution < -0.4 is 5.73 Å². The third-order valence-electron chi connectivity index (χ3n) is 2.75. The molecule has 0 radical (unpaired) electrons. The number of aromatic nitrogens is 1. The molecule has 1 aromatic heterocycles. The normalized spacial score (nSPS) is 11.1. The van der Waals surface area contributed by atoms with Crippen LogP contribution in [-0.4, -0.2) is 16.4 Å². The van der Waals surface area contributed by atoms with Gasteiger partial charge < -0.3 is 5.73 Å². The number of rotatable bonds is 5. The molecule has 2 rings (SSSR count). The third kappa shape index (κ3) is 3.54. The molecular weight excluding hydrogens is 310 g/mol. The van der Waals surface area contributed by atoms with Gasteiger partial charge in [-0.1, -0.05) is 41.1 Å². The fourth-order valence-corrected chi connectivity index (χ4v) is 2.90. The lowest BCUT2D eigenvalue weighted by atomic mass is 10.2. The Labute approximate surface area is 120 Å². The fraction of sp³-hybridized carbons (Fsp3) is 0.308. The average molecular weight is 326 g/mol. The van der Waals surface area contributed by atoms with Crippen LogP contribution in [0.2, 0.25) is 0 Å². The van der Waals surface area contributed by atoms with Crippen molar-refractivity contribution in [3.8, 4) is 0 Å². The Morgan fingerprint density at radius 3 is 2.72 bits per heavy atom. The van der Waals surface area contributed by atoms with Crippen molar-refractivity contribution in [3.05, 3.63) is 45.4 Å². The predicted molar refractivity (Wildman–Crippen MR) is 80.5 cm³/mol. The summed E-state index contributed by atoms with van der Waals surface area (Å²) in [6, 6.07) is 8.33. The molecule has 0 unspecified atom stereocenters. The lowest BCUT2D eigenvalue weighted by Gasteiger charge is -2.20. The summed E-state index contributed by atoms with van der Waals surface area (Å²) < 4.78 is 1.16. The molecule has 0 saturated heterocycles. The summed E-state index contributed by atoms with van der Waals surface area (Å²) in [5, 5.41) is 0.641. The molecular formula is C13H16BrN3S. The van der Waals surface area contributed by atoms with Gasteiger partial charge in [0.15, 0.2) is 5.13 Å². The van der Waals surface area contributed by atoms with Crippen molar-refractivity contribution in [2.75, 3.05) is 12.3 Å². The number of anilines is 1. The van der Waals surface area contributed by atoms with E-state index in [-0.39, 0.29) is 0 Å². The summed E-state index contributed by atoms with van der Waals surface area (Å²) in [6.45, 7) is 4.99. The quantitative estimate of drug-likeness (QED) is 0.914. The lowest BCUT2D eigenvalue weighted by molar-refractivity contribution is 0.273. The van der Waals surface area contributed by atoms with Crippen LogP contribution in [0.1, 0.15) is 17.4 Å². The van der Waals surface area contributed by atoms with Gasteiger partial charge in [0, 0.05) is 28.6 Å². The molecule has 0 aliphatic rings. The van der Waals surface area contributed by atoms with Crippen molar-refractivity contribution in [2.24, 2.45) is 0 Å². The van der Waals surface area contributed by atoms with Crippen molar-refractivity contribution in [1.29, 1.82) is 0 Å². The highest BCUT2D eigenvalue weighted by Crippen LogP contribution is 2.21. The lowest BCUT2D eigenvalue weighted by Crippen LogP contribution is -2.22. The molecule has 18 heavy (non-hydrogen) atoms. The van der Waals surface area contributed by atoms with Crippen LogP contribution in [-0.2, 0) is 13.1 Å². The fourth-order valence-electron chi connectivity index (χ4n) is 1.76. The zero-order valence-corrected chi connectivity index (χ0v) is 12.7. The molecule has 0 aliphatic heterocycles. The Morgan fingerprint density at radius 2 is 2.11 bits per heavy atom. The van der Waals surface area contributed by atoms with E-state index in [1.807, 2.05) is 12.3 Å². The summed E-state index contributed by atoms with van der Waals surface area (Å²) in [7, 11) is 0. The number of nitrogens with two attached hydrogens (primary N) is 1. The van der Waals surface area contributed by atoms with E-state index in [1.54, 1.807) is 11.3 Å². The largest absolute Gasteiger partial charge is 0.375 e. The number of hydrogen-bond acceptors (Lipinski definition) is 4. The van der Waals surface area contributed by atoms with E-state index < -0.39 is 0 Å². The summed E-state index contributed by atoms with van der Waals surface area (Å²) in [6.07, 6.45) is 1.86. The smallest absolute Gasteiger partial charge is 0.180 e. The minimum absolute atomic E-state index is 0.641. The molecule has 0 amide bonds. The van der Waals surface area contributed by atoms with Gasteiger partial charge in [0.25, 0.3) is 0 Å². The van der Waals surface area contributed by atoms with E-state index in [4.69, 9.17) is 5.73 Å². The van der Waals surface area contributed by atoms with Crippen molar-refractivity contribution in [2.45, 2.75) is 20.0 Å². The van der Waals surface area contributed by atoms with Gasteiger partial charge in [-0.15, -0.1) is 11.3 Å². The van der Waals surface area contributed by atoms with Crippen LogP contribution in [0.25, 0.3) is 0 Å². The van der Waals surface area contributed by atoms with Gasteiger partial charge in [0.05, 0.1) is 0 Å².